The molecule has 0 aromatic carbocycles. The van der Waals surface area contributed by atoms with Crippen LogP contribution in [0.5, 0.6) is 0 Å². The van der Waals surface area contributed by atoms with Gasteiger partial charge in [0.25, 0.3) is 10.2 Å². The molecule has 74 valence electrons. The van der Waals surface area contributed by atoms with Crippen molar-refractivity contribution in [2.75, 3.05) is 7.05 Å². The number of thiophene rings is 1. The highest BCUT2D eigenvalue weighted by Gasteiger charge is 2.12. The number of nitrogens with zero attached hydrogens (tertiary/aromatic N) is 1. The molecule has 1 heterocycles. The van der Waals surface area contributed by atoms with Crippen molar-refractivity contribution in [1.82, 2.24) is 4.31 Å². The minimum atomic E-state index is -3.57. The maximum atomic E-state index is 10.8. The van der Waals surface area contributed by atoms with E-state index in [-0.39, 0.29) is 0 Å². The Bertz CT molecular complexity index is 387. The van der Waals surface area contributed by atoms with Crippen molar-refractivity contribution < 1.29 is 8.42 Å². The largest absolute Gasteiger partial charge is 0.276 e. The van der Waals surface area contributed by atoms with Crippen molar-refractivity contribution in [3.8, 4) is 0 Å². The number of nitrogens with two attached hydrogens (primary N) is 1. The fraction of sp³-hybridized carbons (Fsp3) is 0.333. The van der Waals surface area contributed by atoms with Gasteiger partial charge in [-0.3, -0.25) is 0 Å². The van der Waals surface area contributed by atoms with Gasteiger partial charge >= 0.3 is 0 Å². The lowest BCUT2D eigenvalue weighted by atomic mass is 10.5. The quantitative estimate of drug-likeness (QED) is 0.905. The molecule has 0 bridgehead atoms. The van der Waals surface area contributed by atoms with Gasteiger partial charge in [-0.05, 0) is 22.0 Å². The first-order valence-corrected chi connectivity index (χ1v) is 6.54. The molecule has 4 nitrogen and oxygen atoms in total. The fourth-order valence-corrected chi connectivity index (χ4v) is 2.65. The van der Waals surface area contributed by atoms with Gasteiger partial charge in [0.15, 0.2) is 0 Å². The van der Waals surface area contributed by atoms with E-state index < -0.39 is 10.2 Å². The first kappa shape index (κ1) is 11.1. The van der Waals surface area contributed by atoms with Gasteiger partial charge in [-0.2, -0.15) is 12.7 Å². The van der Waals surface area contributed by atoms with E-state index in [9.17, 15) is 8.42 Å². The Morgan fingerprint density at radius 1 is 1.69 bits per heavy atom. The lowest BCUT2D eigenvalue weighted by Gasteiger charge is -2.11. The molecule has 0 aliphatic heterocycles. The summed E-state index contributed by atoms with van der Waals surface area (Å²) < 4.78 is 23.7. The van der Waals surface area contributed by atoms with Crippen molar-refractivity contribution in [3.05, 3.63) is 20.8 Å². The highest BCUT2D eigenvalue weighted by molar-refractivity contribution is 9.10. The van der Waals surface area contributed by atoms with Crippen LogP contribution in [0.4, 0.5) is 0 Å². The van der Waals surface area contributed by atoms with Crippen LogP contribution < -0.4 is 5.14 Å². The number of hydrogen-bond acceptors (Lipinski definition) is 3. The van der Waals surface area contributed by atoms with E-state index in [1.54, 1.807) is 0 Å². The average molecular weight is 285 g/mol. The molecule has 2 N–H and O–H groups in total. The zero-order chi connectivity index (χ0) is 10.1. The van der Waals surface area contributed by atoms with Crippen LogP contribution in [-0.4, -0.2) is 19.8 Å². The van der Waals surface area contributed by atoms with Crippen LogP contribution in [0.1, 0.15) is 4.88 Å². The molecule has 1 rings (SSSR count). The molecule has 0 spiro atoms. The molecule has 0 saturated carbocycles. The van der Waals surface area contributed by atoms with Crippen molar-refractivity contribution in [2.24, 2.45) is 5.14 Å². The van der Waals surface area contributed by atoms with E-state index in [2.05, 4.69) is 15.9 Å². The van der Waals surface area contributed by atoms with Crippen molar-refractivity contribution in [1.29, 1.82) is 0 Å². The Morgan fingerprint density at radius 2 is 2.31 bits per heavy atom. The van der Waals surface area contributed by atoms with Crippen molar-refractivity contribution >= 4 is 37.5 Å². The van der Waals surface area contributed by atoms with Crippen molar-refractivity contribution in [2.45, 2.75) is 6.54 Å². The van der Waals surface area contributed by atoms with E-state index in [0.29, 0.717) is 6.54 Å². The first-order valence-electron chi connectivity index (χ1n) is 3.36. The average Bonchev–Trinajstić information content (AvgIpc) is 2.33. The van der Waals surface area contributed by atoms with E-state index >= 15 is 0 Å². The third-order valence-corrected chi connectivity index (χ3v) is 4.12. The SMILES string of the molecule is CN(Cc1cc(Br)cs1)S(N)(=O)=O. The van der Waals surface area contributed by atoms with E-state index in [1.165, 1.54) is 18.4 Å². The molecular formula is C6H9BrN2O2S2. The van der Waals surface area contributed by atoms with Crippen LogP contribution in [-0.2, 0) is 16.8 Å². The molecule has 0 aliphatic rings. The molecule has 0 radical (unpaired) electrons. The van der Waals surface area contributed by atoms with E-state index in [0.717, 1.165) is 13.7 Å². The normalized spacial score (nSPS) is 12.3. The van der Waals surface area contributed by atoms with Crippen LogP contribution in [0.2, 0.25) is 0 Å². The second-order valence-electron chi connectivity index (χ2n) is 2.53. The predicted octanol–water partition coefficient (Wildman–Crippen LogP) is 1.15. The molecule has 1 aromatic rings. The topological polar surface area (TPSA) is 63.4 Å². The fourth-order valence-electron chi connectivity index (χ4n) is 0.746. The summed E-state index contributed by atoms with van der Waals surface area (Å²) in [4.78, 5) is 0.948. The summed E-state index contributed by atoms with van der Waals surface area (Å²) in [5.74, 6) is 0. The smallest absolute Gasteiger partial charge is 0.216 e. The van der Waals surface area contributed by atoms with Gasteiger partial charge in [-0.25, -0.2) is 5.14 Å². The maximum Gasteiger partial charge on any atom is 0.276 e. The first-order chi connectivity index (χ1) is 5.89. The van der Waals surface area contributed by atoms with Gasteiger partial charge in [0.1, 0.15) is 0 Å². The highest BCUT2D eigenvalue weighted by atomic mass is 79.9. The van der Waals surface area contributed by atoms with Crippen LogP contribution in [0.3, 0.4) is 0 Å². The number of hydrogen-bond donors (Lipinski definition) is 1. The molecule has 0 atom stereocenters. The van der Waals surface area contributed by atoms with E-state index in [4.69, 9.17) is 5.14 Å². The molecule has 0 unspecified atom stereocenters. The van der Waals surface area contributed by atoms with Crippen LogP contribution in [0.25, 0.3) is 0 Å². The molecule has 13 heavy (non-hydrogen) atoms. The van der Waals surface area contributed by atoms with Crippen LogP contribution in [0.15, 0.2) is 15.9 Å². The molecule has 0 aliphatic carbocycles. The third-order valence-electron chi connectivity index (χ3n) is 1.43. The molecule has 0 saturated heterocycles. The minimum absolute atomic E-state index is 0.315. The Hall–Kier alpha value is 0.0500. The van der Waals surface area contributed by atoms with Gasteiger partial charge in [0, 0.05) is 28.3 Å². The van der Waals surface area contributed by atoms with Gasteiger partial charge in [0.2, 0.25) is 0 Å². The second kappa shape index (κ2) is 4.05. The summed E-state index contributed by atoms with van der Waals surface area (Å²) in [5, 5.41) is 6.82. The van der Waals surface area contributed by atoms with Gasteiger partial charge in [0.05, 0.1) is 0 Å². The summed E-state index contributed by atoms with van der Waals surface area (Å²) in [7, 11) is -2.12. The zero-order valence-corrected chi connectivity index (χ0v) is 10.1. The number of halogens is 1. The van der Waals surface area contributed by atoms with Crippen LogP contribution in [0, 0.1) is 0 Å². The van der Waals surface area contributed by atoms with Gasteiger partial charge in [-0.1, -0.05) is 0 Å². The summed E-state index contributed by atoms with van der Waals surface area (Å²) in [5.41, 5.74) is 0. The lowest BCUT2D eigenvalue weighted by molar-refractivity contribution is 0.471. The molecule has 0 amide bonds. The lowest BCUT2D eigenvalue weighted by Crippen LogP contribution is -2.32. The van der Waals surface area contributed by atoms with Gasteiger partial charge < -0.3 is 0 Å². The minimum Gasteiger partial charge on any atom is -0.216 e. The monoisotopic (exact) mass is 284 g/mol. The summed E-state index contributed by atoms with van der Waals surface area (Å²) in [6, 6.07) is 1.87. The third kappa shape index (κ3) is 3.35. The highest BCUT2D eigenvalue weighted by Crippen LogP contribution is 2.20. The molecular weight excluding hydrogens is 276 g/mol. The summed E-state index contributed by atoms with van der Waals surface area (Å²) >= 11 is 4.77. The Morgan fingerprint density at radius 3 is 2.69 bits per heavy atom. The maximum absolute atomic E-state index is 10.8. The Balaban J connectivity index is 2.71. The number of rotatable bonds is 3. The predicted molar refractivity (Wildman–Crippen MR) is 56.6 cm³/mol. The molecule has 7 heteroatoms. The Kier molecular flexibility index (Phi) is 3.47. The second-order valence-corrected chi connectivity index (χ2v) is 6.10. The van der Waals surface area contributed by atoms with Gasteiger partial charge in [-0.15, -0.1) is 11.3 Å². The zero-order valence-electron chi connectivity index (χ0n) is 6.90. The van der Waals surface area contributed by atoms with E-state index in [1.807, 2.05) is 11.4 Å². The van der Waals surface area contributed by atoms with Crippen LogP contribution >= 0.6 is 27.3 Å². The van der Waals surface area contributed by atoms with Crippen molar-refractivity contribution in [3.63, 3.8) is 0 Å². The Labute approximate surface area is 89.7 Å². The summed E-state index contributed by atoms with van der Waals surface area (Å²) in [6.45, 7) is 0.315. The standard InChI is InChI=1S/C6H9BrN2O2S2/c1-9(13(8,10)11)3-6-2-5(7)4-12-6/h2,4H,3H2,1H3,(H2,8,10,11). The molecule has 1 aromatic heterocycles. The summed E-state index contributed by atoms with van der Waals surface area (Å²) in [6.07, 6.45) is 0. The molecule has 0 fully saturated rings.